The molecule has 1 aliphatic carbocycles. The van der Waals surface area contributed by atoms with E-state index in [4.69, 9.17) is 9.15 Å². The van der Waals surface area contributed by atoms with Crippen LogP contribution in [0.25, 0.3) is 98.4 Å². The van der Waals surface area contributed by atoms with Gasteiger partial charge in [-0.2, -0.15) is 0 Å². The van der Waals surface area contributed by atoms with E-state index in [0.717, 1.165) is 44.0 Å². The fourth-order valence-corrected chi connectivity index (χ4v) is 9.30. The second kappa shape index (κ2) is 11.3. The van der Waals surface area contributed by atoms with Crippen molar-refractivity contribution in [2.45, 2.75) is 12.0 Å². The van der Waals surface area contributed by atoms with E-state index < -0.39 is 0 Å². The Labute approximate surface area is 311 Å². The molecule has 0 spiro atoms. The molecule has 1 aromatic heterocycles. The minimum atomic E-state index is 0.0290. The van der Waals surface area contributed by atoms with Crippen molar-refractivity contribution in [1.29, 1.82) is 0 Å². The van der Waals surface area contributed by atoms with Gasteiger partial charge in [-0.3, -0.25) is 0 Å². The lowest BCUT2D eigenvalue weighted by molar-refractivity contribution is 0.271. The van der Waals surface area contributed by atoms with E-state index in [1.54, 1.807) is 0 Å². The van der Waals surface area contributed by atoms with Gasteiger partial charge in [0.15, 0.2) is 0 Å². The molecule has 252 valence electrons. The van der Waals surface area contributed by atoms with Gasteiger partial charge in [-0.15, -0.1) is 0 Å². The highest BCUT2D eigenvalue weighted by molar-refractivity contribution is 6.24. The van der Waals surface area contributed by atoms with Crippen LogP contribution < -0.4 is 4.74 Å². The second-order valence-electron chi connectivity index (χ2n) is 14.7. The van der Waals surface area contributed by atoms with Crippen molar-refractivity contribution in [2.75, 3.05) is 0 Å². The van der Waals surface area contributed by atoms with E-state index in [-0.39, 0.29) is 12.0 Å². The zero-order valence-electron chi connectivity index (χ0n) is 29.3. The van der Waals surface area contributed by atoms with Gasteiger partial charge < -0.3 is 9.15 Å². The number of fused-ring (bicyclic) bond motifs is 12. The van der Waals surface area contributed by atoms with E-state index in [2.05, 4.69) is 182 Å². The highest BCUT2D eigenvalue weighted by atomic mass is 16.5. The average molecular weight is 689 g/mol. The van der Waals surface area contributed by atoms with E-state index in [1.807, 2.05) is 0 Å². The predicted octanol–water partition coefficient (Wildman–Crippen LogP) is 14.2. The maximum Gasteiger partial charge on any atom is 0.136 e. The van der Waals surface area contributed by atoms with Crippen molar-refractivity contribution in [1.82, 2.24) is 0 Å². The zero-order chi connectivity index (χ0) is 35.3. The number of benzene rings is 9. The average Bonchev–Trinajstić information content (AvgIpc) is 3.81. The molecule has 2 nitrogen and oxygen atoms in total. The Kier molecular flexibility index (Phi) is 6.20. The summed E-state index contributed by atoms with van der Waals surface area (Å²) in [6.07, 6.45) is 8.66. The number of allylic oxidation sites excluding steroid dienone is 2. The zero-order valence-corrected chi connectivity index (χ0v) is 29.3. The maximum absolute atomic E-state index is 6.72. The summed E-state index contributed by atoms with van der Waals surface area (Å²) < 4.78 is 13.4. The van der Waals surface area contributed by atoms with E-state index in [1.165, 1.54) is 65.7 Å². The van der Waals surface area contributed by atoms with Crippen LogP contribution in [0, 0.1) is 0 Å². The topological polar surface area (TPSA) is 22.4 Å². The summed E-state index contributed by atoms with van der Waals surface area (Å²) in [5, 5.41) is 11.9. The molecule has 0 amide bonds. The number of hydrogen-bond acceptors (Lipinski definition) is 2. The normalized spacial score (nSPS) is 16.1. The van der Waals surface area contributed by atoms with Crippen molar-refractivity contribution < 1.29 is 9.15 Å². The van der Waals surface area contributed by atoms with E-state index in [9.17, 15) is 0 Å². The third-order valence-electron chi connectivity index (χ3n) is 11.8. The molecule has 54 heavy (non-hydrogen) atoms. The van der Waals surface area contributed by atoms with Crippen LogP contribution in [0.1, 0.15) is 11.5 Å². The quantitative estimate of drug-likeness (QED) is 0.172. The van der Waals surface area contributed by atoms with Crippen LogP contribution in [0.2, 0.25) is 0 Å². The van der Waals surface area contributed by atoms with E-state index in [0.29, 0.717) is 0 Å². The van der Waals surface area contributed by atoms with Gasteiger partial charge in [-0.1, -0.05) is 146 Å². The van der Waals surface area contributed by atoms with Crippen molar-refractivity contribution in [3.05, 3.63) is 188 Å². The molecule has 0 bridgehead atoms. The number of furan rings is 1. The molecular formula is C52H32O2. The highest BCUT2D eigenvalue weighted by Crippen LogP contribution is 2.50. The molecule has 1 aliphatic heterocycles. The van der Waals surface area contributed by atoms with Gasteiger partial charge in [0.05, 0.1) is 0 Å². The minimum Gasteiger partial charge on any atom is -0.484 e. The minimum absolute atomic E-state index is 0.0290. The molecule has 0 fully saturated rings. The van der Waals surface area contributed by atoms with Gasteiger partial charge >= 0.3 is 0 Å². The Morgan fingerprint density at radius 3 is 1.81 bits per heavy atom. The molecule has 2 aliphatic rings. The molecular weight excluding hydrogens is 657 g/mol. The Bertz CT molecular complexity index is 3210. The van der Waals surface area contributed by atoms with Gasteiger partial charge in [0.1, 0.15) is 23.0 Å². The van der Waals surface area contributed by atoms with Gasteiger partial charge in [-0.25, -0.2) is 0 Å². The van der Waals surface area contributed by atoms with Crippen molar-refractivity contribution in [2.24, 2.45) is 0 Å². The Morgan fingerprint density at radius 1 is 0.389 bits per heavy atom. The summed E-state index contributed by atoms with van der Waals surface area (Å²) in [4.78, 5) is 0. The molecule has 0 saturated carbocycles. The molecule has 2 heterocycles. The molecule has 12 rings (SSSR count). The van der Waals surface area contributed by atoms with Gasteiger partial charge in [0.25, 0.3) is 0 Å². The van der Waals surface area contributed by atoms with Crippen molar-refractivity contribution >= 4 is 65.0 Å². The molecule has 2 heteroatoms. The smallest absolute Gasteiger partial charge is 0.136 e. The summed E-state index contributed by atoms with van der Waals surface area (Å²) in [6, 6.07) is 57.6. The monoisotopic (exact) mass is 688 g/mol. The summed E-state index contributed by atoms with van der Waals surface area (Å²) in [5.41, 5.74) is 10.2. The number of rotatable bonds is 3. The first kappa shape index (κ1) is 29.7. The van der Waals surface area contributed by atoms with Crippen molar-refractivity contribution in [3.63, 3.8) is 0 Å². The van der Waals surface area contributed by atoms with Crippen LogP contribution in [0.3, 0.4) is 0 Å². The van der Waals surface area contributed by atoms with Crippen molar-refractivity contribution in [3.8, 4) is 39.1 Å². The Balaban J connectivity index is 1.05. The Morgan fingerprint density at radius 2 is 1.02 bits per heavy atom. The molecule has 9 aromatic carbocycles. The standard InChI is InChI=1S/C52H32O2/c1-2-11-33-28-35(21-20-31(33)10-1)34-12-9-13-36(29-34)48-39-15-3-5-17-41(39)49(42-18-6-4-16-40(42)48)37-23-26-44-47(30-37)53-46-27-24-32-22-25-43-38-14-7-8-19-45(38)54-52(43)50(32)51(44)46/h1-30,38,45H. The molecule has 0 N–H and O–H groups in total. The fourth-order valence-electron chi connectivity index (χ4n) is 9.30. The van der Waals surface area contributed by atoms with Gasteiger partial charge in [0, 0.05) is 27.6 Å². The van der Waals surface area contributed by atoms with E-state index >= 15 is 0 Å². The number of ether oxygens (including phenoxy) is 1. The summed E-state index contributed by atoms with van der Waals surface area (Å²) >= 11 is 0. The van der Waals surface area contributed by atoms with Gasteiger partial charge in [-0.05, 0) is 107 Å². The number of hydrogen-bond donors (Lipinski definition) is 0. The molecule has 2 atom stereocenters. The molecule has 0 saturated heterocycles. The maximum atomic E-state index is 6.72. The summed E-state index contributed by atoms with van der Waals surface area (Å²) in [5.74, 6) is 1.22. The molecule has 0 radical (unpaired) electrons. The predicted molar refractivity (Wildman–Crippen MR) is 225 cm³/mol. The summed E-state index contributed by atoms with van der Waals surface area (Å²) in [6.45, 7) is 0. The van der Waals surface area contributed by atoms with Gasteiger partial charge in [0.2, 0.25) is 0 Å². The van der Waals surface area contributed by atoms with Crippen LogP contribution in [0.5, 0.6) is 5.75 Å². The molecule has 2 unspecified atom stereocenters. The highest BCUT2D eigenvalue weighted by Gasteiger charge is 2.34. The lowest BCUT2D eigenvalue weighted by Gasteiger charge is -2.18. The Hall–Kier alpha value is -6.90. The summed E-state index contributed by atoms with van der Waals surface area (Å²) in [7, 11) is 0. The van der Waals surface area contributed by atoms with Crippen LogP contribution in [0.15, 0.2) is 186 Å². The third-order valence-corrected chi connectivity index (χ3v) is 11.8. The first-order valence-corrected chi connectivity index (χ1v) is 18.7. The van der Waals surface area contributed by atoms with Crippen LogP contribution in [-0.4, -0.2) is 6.10 Å². The third kappa shape index (κ3) is 4.28. The first-order chi connectivity index (χ1) is 26.8. The first-order valence-electron chi connectivity index (χ1n) is 18.7. The van der Waals surface area contributed by atoms with Crippen LogP contribution in [0.4, 0.5) is 0 Å². The SMILES string of the molecule is C1=CC2Oc3c(ccc4ccc5oc6cc(-c7c8ccccc8c(-c8cccc(-c9ccc%10ccccc%10c9)c8)c8ccccc78)ccc6c5c34)C2C=C1. The van der Waals surface area contributed by atoms with Crippen LogP contribution in [-0.2, 0) is 0 Å². The lowest BCUT2D eigenvalue weighted by Crippen LogP contribution is -2.15. The van der Waals surface area contributed by atoms with Crippen LogP contribution >= 0.6 is 0 Å². The largest absolute Gasteiger partial charge is 0.484 e. The molecule has 10 aromatic rings. The lowest BCUT2D eigenvalue weighted by atomic mass is 9.85. The fraction of sp³-hybridized carbons (Fsp3) is 0.0385. The second-order valence-corrected chi connectivity index (χ2v) is 14.7.